The molecule has 3 aromatic rings. The van der Waals surface area contributed by atoms with E-state index < -0.39 is 27.1 Å². The second kappa shape index (κ2) is 10.1. The molecule has 0 saturated heterocycles. The molecule has 0 aromatic heterocycles. The summed E-state index contributed by atoms with van der Waals surface area (Å²) in [6, 6.07) is 14.8. The number of nitrogens with zero attached hydrogens (tertiary/aromatic N) is 3. The summed E-state index contributed by atoms with van der Waals surface area (Å²) in [5, 5.41) is 24.8. The Hall–Kier alpha value is -5.00. The van der Waals surface area contributed by atoms with Crippen LogP contribution in [0.15, 0.2) is 60.7 Å². The van der Waals surface area contributed by atoms with Gasteiger partial charge >= 0.3 is 0 Å². The predicted octanol–water partition coefficient (Wildman–Crippen LogP) is 3.87. The number of ether oxygens (including phenoxy) is 2. The van der Waals surface area contributed by atoms with Crippen molar-refractivity contribution < 1.29 is 28.9 Å². The summed E-state index contributed by atoms with van der Waals surface area (Å²) >= 11 is 0. The van der Waals surface area contributed by atoms with Crippen molar-refractivity contribution in [1.82, 2.24) is 0 Å². The lowest BCUT2D eigenvalue weighted by Crippen LogP contribution is -2.41. The number of hydrogen-bond donors (Lipinski definition) is 1. The van der Waals surface area contributed by atoms with Crippen molar-refractivity contribution >= 4 is 34.6 Å². The molecule has 4 rings (SSSR count). The van der Waals surface area contributed by atoms with Crippen molar-refractivity contribution in [2.24, 2.45) is 0 Å². The van der Waals surface area contributed by atoms with E-state index in [1.54, 1.807) is 6.07 Å². The van der Waals surface area contributed by atoms with Gasteiger partial charge in [0, 0.05) is 17.8 Å². The number of aryl methyl sites for hydroxylation is 1. The summed E-state index contributed by atoms with van der Waals surface area (Å²) in [6.07, 6.45) is 0. The van der Waals surface area contributed by atoms with Gasteiger partial charge in [-0.2, -0.15) is 0 Å². The fourth-order valence-corrected chi connectivity index (χ4v) is 3.55. The highest BCUT2D eigenvalue weighted by molar-refractivity contribution is 6.06. The van der Waals surface area contributed by atoms with Crippen LogP contribution in [0.2, 0.25) is 0 Å². The van der Waals surface area contributed by atoms with Gasteiger partial charge in [-0.15, -0.1) is 0 Å². The van der Waals surface area contributed by atoms with Crippen LogP contribution in [0.1, 0.15) is 15.9 Å². The molecule has 0 saturated carbocycles. The first kappa shape index (κ1) is 24.1. The van der Waals surface area contributed by atoms with Crippen molar-refractivity contribution in [3.63, 3.8) is 0 Å². The number of amides is 2. The monoisotopic (exact) mass is 492 g/mol. The molecule has 1 heterocycles. The molecule has 2 amide bonds. The van der Waals surface area contributed by atoms with Crippen LogP contribution in [0.3, 0.4) is 0 Å². The van der Waals surface area contributed by atoms with Crippen LogP contribution in [0.25, 0.3) is 0 Å². The predicted molar refractivity (Wildman–Crippen MR) is 129 cm³/mol. The molecule has 0 spiro atoms. The van der Waals surface area contributed by atoms with Crippen molar-refractivity contribution in [2.75, 3.05) is 30.0 Å². The Morgan fingerprint density at radius 2 is 1.69 bits per heavy atom. The number of benzene rings is 3. The second-order valence-corrected chi connectivity index (χ2v) is 7.88. The van der Waals surface area contributed by atoms with E-state index in [-0.39, 0.29) is 36.9 Å². The summed E-state index contributed by atoms with van der Waals surface area (Å²) in [5.74, 6) is -0.00522. The first-order valence-electron chi connectivity index (χ1n) is 10.7. The number of non-ortho nitro benzene ring substituents is 2. The maximum atomic E-state index is 12.7. The largest absolute Gasteiger partial charge is 0.492 e. The second-order valence-electron chi connectivity index (χ2n) is 7.88. The highest BCUT2D eigenvalue weighted by Crippen LogP contribution is 2.35. The number of nitro groups is 2. The Morgan fingerprint density at radius 1 is 1.03 bits per heavy atom. The zero-order valence-electron chi connectivity index (χ0n) is 19.0. The molecule has 0 radical (unpaired) electrons. The van der Waals surface area contributed by atoms with E-state index in [1.807, 2.05) is 31.2 Å². The average molecular weight is 492 g/mol. The molecule has 1 aliphatic rings. The number of fused-ring (bicyclic) bond motifs is 1. The molecule has 0 aliphatic carbocycles. The molecule has 36 heavy (non-hydrogen) atoms. The number of nitrogens with one attached hydrogen (secondary N) is 1. The first-order chi connectivity index (χ1) is 17.2. The third-order valence-electron chi connectivity index (χ3n) is 5.35. The van der Waals surface area contributed by atoms with Crippen molar-refractivity contribution in [3.8, 4) is 11.5 Å². The van der Waals surface area contributed by atoms with Gasteiger partial charge in [-0.1, -0.05) is 17.7 Å². The number of nitro benzene ring substituents is 2. The Bertz CT molecular complexity index is 1320. The fraction of sp³-hybridized carbons (Fsp3) is 0.167. The quantitative estimate of drug-likeness (QED) is 0.367. The van der Waals surface area contributed by atoms with E-state index in [0.717, 1.165) is 23.8 Å². The van der Waals surface area contributed by atoms with E-state index in [4.69, 9.17) is 9.47 Å². The van der Waals surface area contributed by atoms with Crippen LogP contribution in [-0.4, -0.2) is 41.4 Å². The minimum absolute atomic E-state index is 0.152. The lowest BCUT2D eigenvalue weighted by Gasteiger charge is -2.29. The van der Waals surface area contributed by atoms with E-state index in [0.29, 0.717) is 17.2 Å². The number of anilines is 2. The number of hydrogen-bond acceptors (Lipinski definition) is 8. The van der Waals surface area contributed by atoms with Gasteiger partial charge < -0.3 is 19.7 Å². The minimum Gasteiger partial charge on any atom is -0.492 e. The van der Waals surface area contributed by atoms with E-state index >= 15 is 0 Å². The van der Waals surface area contributed by atoms with Gasteiger partial charge in [-0.3, -0.25) is 29.8 Å². The lowest BCUT2D eigenvalue weighted by atomic mass is 10.1. The number of rotatable bonds is 8. The highest BCUT2D eigenvalue weighted by Gasteiger charge is 2.26. The molecule has 12 heteroatoms. The van der Waals surface area contributed by atoms with Gasteiger partial charge in [0.05, 0.1) is 33.7 Å². The molecule has 3 aromatic carbocycles. The van der Waals surface area contributed by atoms with Gasteiger partial charge in [0.2, 0.25) is 0 Å². The van der Waals surface area contributed by atoms with Crippen molar-refractivity contribution in [3.05, 3.63) is 92.0 Å². The third-order valence-corrected chi connectivity index (χ3v) is 5.35. The highest BCUT2D eigenvalue weighted by atomic mass is 16.6. The zero-order valence-corrected chi connectivity index (χ0v) is 19.0. The maximum absolute atomic E-state index is 12.7. The van der Waals surface area contributed by atoms with E-state index in [9.17, 15) is 29.8 Å². The zero-order chi connectivity index (χ0) is 25.8. The van der Waals surface area contributed by atoms with Gasteiger partial charge in [0.25, 0.3) is 23.2 Å². The summed E-state index contributed by atoms with van der Waals surface area (Å²) in [5.41, 5.74) is 0.326. The number of carbonyl (C=O) groups excluding carboxylic acids is 2. The van der Waals surface area contributed by atoms with Gasteiger partial charge in [0.15, 0.2) is 6.61 Å². The molecule has 184 valence electrons. The Kier molecular flexibility index (Phi) is 6.77. The minimum atomic E-state index is -0.817. The normalized spacial score (nSPS) is 12.4. The van der Waals surface area contributed by atoms with Crippen LogP contribution in [-0.2, 0) is 4.79 Å². The summed E-state index contributed by atoms with van der Waals surface area (Å²) in [4.78, 5) is 47.3. The van der Waals surface area contributed by atoms with Gasteiger partial charge in [-0.25, -0.2) is 0 Å². The standard InChI is InChI=1S/C24H20N4O8/c1-15-2-5-20(6-3-15)35-9-8-26-21-12-17(4-7-22(21)36-14-23(26)29)25-24(30)16-10-18(27(31)32)13-19(11-16)28(33)34/h2-7,10-13H,8-9,14H2,1H3,(H,25,30). The summed E-state index contributed by atoms with van der Waals surface area (Å²) in [6.45, 7) is 2.24. The Morgan fingerprint density at radius 3 is 2.33 bits per heavy atom. The molecule has 0 atom stereocenters. The van der Waals surface area contributed by atoms with Gasteiger partial charge in [-0.05, 0) is 37.3 Å². The summed E-state index contributed by atoms with van der Waals surface area (Å²) < 4.78 is 11.2. The topological polar surface area (TPSA) is 154 Å². The molecule has 12 nitrogen and oxygen atoms in total. The lowest BCUT2D eigenvalue weighted by molar-refractivity contribution is -0.394. The van der Waals surface area contributed by atoms with E-state index in [1.165, 1.54) is 17.0 Å². The molecular weight excluding hydrogens is 472 g/mol. The molecule has 1 aliphatic heterocycles. The average Bonchev–Trinajstić information content (AvgIpc) is 2.86. The number of carbonyl (C=O) groups is 2. The van der Waals surface area contributed by atoms with Crippen LogP contribution >= 0.6 is 0 Å². The van der Waals surface area contributed by atoms with Crippen LogP contribution in [0.5, 0.6) is 11.5 Å². The smallest absolute Gasteiger partial charge is 0.277 e. The first-order valence-corrected chi connectivity index (χ1v) is 10.7. The molecule has 0 unspecified atom stereocenters. The van der Waals surface area contributed by atoms with Crippen molar-refractivity contribution in [1.29, 1.82) is 0 Å². The fourth-order valence-electron chi connectivity index (χ4n) is 3.55. The van der Waals surface area contributed by atoms with E-state index in [2.05, 4.69) is 5.32 Å². The van der Waals surface area contributed by atoms with Crippen LogP contribution < -0.4 is 19.7 Å². The Balaban J connectivity index is 1.52. The van der Waals surface area contributed by atoms with Gasteiger partial charge in [0.1, 0.15) is 18.1 Å². The molecule has 1 N–H and O–H groups in total. The van der Waals surface area contributed by atoms with Crippen LogP contribution in [0.4, 0.5) is 22.7 Å². The summed E-state index contributed by atoms with van der Waals surface area (Å²) in [7, 11) is 0. The molecule has 0 fully saturated rings. The SMILES string of the molecule is Cc1ccc(OCCN2C(=O)COc3ccc(NC(=O)c4cc([N+](=O)[O-])cc([N+](=O)[O-])c4)cc32)cc1. The third kappa shape index (κ3) is 5.38. The van der Waals surface area contributed by atoms with Crippen LogP contribution in [0, 0.1) is 27.2 Å². The Labute approximate surface area is 204 Å². The maximum Gasteiger partial charge on any atom is 0.277 e. The molecular formula is C24H20N4O8. The van der Waals surface area contributed by atoms with Crippen molar-refractivity contribution in [2.45, 2.75) is 6.92 Å². The molecule has 0 bridgehead atoms.